The summed E-state index contributed by atoms with van der Waals surface area (Å²) in [6.07, 6.45) is 3.71. The summed E-state index contributed by atoms with van der Waals surface area (Å²) in [6, 6.07) is 4.38. The second-order valence-electron chi connectivity index (χ2n) is 4.65. The first-order valence-electron chi connectivity index (χ1n) is 5.67. The van der Waals surface area contributed by atoms with Crippen LogP contribution in [0.5, 0.6) is 5.75 Å². The normalized spacial score (nSPS) is 18.0. The third-order valence-corrected chi connectivity index (χ3v) is 4.34. The van der Waals surface area contributed by atoms with E-state index in [1.165, 1.54) is 30.4 Å². The third kappa shape index (κ3) is 1.76. The van der Waals surface area contributed by atoms with E-state index in [1.807, 2.05) is 0 Å². The molecule has 1 fully saturated rings. The van der Waals surface area contributed by atoms with Crippen LogP contribution in [0.4, 0.5) is 0 Å². The Morgan fingerprint density at radius 3 is 2.50 bits per heavy atom. The highest BCUT2D eigenvalue weighted by Gasteiger charge is 2.37. The molecule has 0 saturated heterocycles. The Hall–Kier alpha value is -0.540. The molecule has 0 bridgehead atoms. The van der Waals surface area contributed by atoms with Crippen LogP contribution >= 0.6 is 15.9 Å². The Labute approximate surface area is 105 Å². The van der Waals surface area contributed by atoms with E-state index in [1.54, 1.807) is 7.11 Å². The lowest BCUT2D eigenvalue weighted by Gasteiger charge is -2.42. The van der Waals surface area contributed by atoms with Crippen molar-refractivity contribution in [2.75, 3.05) is 13.7 Å². The van der Waals surface area contributed by atoms with E-state index >= 15 is 0 Å². The zero-order chi connectivity index (χ0) is 11.8. The molecule has 1 saturated carbocycles. The van der Waals surface area contributed by atoms with Gasteiger partial charge < -0.3 is 10.5 Å². The van der Waals surface area contributed by atoms with Crippen molar-refractivity contribution in [2.45, 2.75) is 31.6 Å². The first kappa shape index (κ1) is 11.9. The largest absolute Gasteiger partial charge is 0.495 e. The highest BCUT2D eigenvalue weighted by Crippen LogP contribution is 2.45. The predicted octanol–water partition coefficient (Wildman–Crippen LogP) is 3.15. The summed E-state index contributed by atoms with van der Waals surface area (Å²) in [4.78, 5) is 0. The fourth-order valence-electron chi connectivity index (χ4n) is 2.51. The van der Waals surface area contributed by atoms with Gasteiger partial charge in [-0.15, -0.1) is 0 Å². The van der Waals surface area contributed by atoms with Crippen LogP contribution in [0.1, 0.15) is 30.4 Å². The lowest BCUT2D eigenvalue weighted by atomic mass is 9.64. The molecule has 2 N–H and O–H groups in total. The molecule has 0 amide bonds. The molecular formula is C13H18BrNO. The second kappa shape index (κ2) is 4.38. The molecule has 1 aromatic carbocycles. The minimum atomic E-state index is 0.222. The number of ether oxygens (including phenoxy) is 1. The van der Waals surface area contributed by atoms with E-state index in [9.17, 15) is 0 Å². The van der Waals surface area contributed by atoms with Crippen LogP contribution in [-0.4, -0.2) is 13.7 Å². The molecule has 0 aromatic heterocycles. The van der Waals surface area contributed by atoms with Crippen LogP contribution in [0.15, 0.2) is 16.6 Å². The number of benzene rings is 1. The van der Waals surface area contributed by atoms with Crippen molar-refractivity contribution in [2.24, 2.45) is 5.73 Å². The van der Waals surface area contributed by atoms with E-state index in [2.05, 4.69) is 35.0 Å². The summed E-state index contributed by atoms with van der Waals surface area (Å²) in [5.41, 5.74) is 8.67. The molecule has 2 rings (SSSR count). The molecule has 1 aliphatic rings. The average molecular weight is 284 g/mol. The van der Waals surface area contributed by atoms with E-state index in [0.717, 1.165) is 16.8 Å². The first-order chi connectivity index (χ1) is 7.63. The Morgan fingerprint density at radius 1 is 1.44 bits per heavy atom. The predicted molar refractivity (Wildman–Crippen MR) is 70.0 cm³/mol. The first-order valence-corrected chi connectivity index (χ1v) is 6.47. The van der Waals surface area contributed by atoms with Gasteiger partial charge in [-0.2, -0.15) is 0 Å². The zero-order valence-electron chi connectivity index (χ0n) is 9.85. The Balaban J connectivity index is 2.43. The number of hydrogen-bond donors (Lipinski definition) is 1. The molecule has 0 radical (unpaired) electrons. The van der Waals surface area contributed by atoms with Crippen LogP contribution < -0.4 is 10.5 Å². The molecule has 0 unspecified atom stereocenters. The lowest BCUT2D eigenvalue weighted by Crippen LogP contribution is -2.41. The monoisotopic (exact) mass is 283 g/mol. The number of hydrogen-bond acceptors (Lipinski definition) is 2. The molecule has 1 aromatic rings. The van der Waals surface area contributed by atoms with Gasteiger partial charge in [0.15, 0.2) is 0 Å². The molecule has 0 atom stereocenters. The summed E-state index contributed by atoms with van der Waals surface area (Å²) in [5.74, 6) is 0.926. The number of halogens is 1. The van der Waals surface area contributed by atoms with Gasteiger partial charge in [0.05, 0.1) is 11.6 Å². The molecule has 0 aliphatic heterocycles. The van der Waals surface area contributed by atoms with Gasteiger partial charge in [0.1, 0.15) is 5.75 Å². The smallest absolute Gasteiger partial charge is 0.135 e. The van der Waals surface area contributed by atoms with Crippen molar-refractivity contribution in [3.05, 3.63) is 27.7 Å². The van der Waals surface area contributed by atoms with Crippen LogP contribution in [0, 0.1) is 6.92 Å². The average Bonchev–Trinajstić information content (AvgIpc) is 2.16. The Bertz CT molecular complexity index is 370. The van der Waals surface area contributed by atoms with Crippen molar-refractivity contribution in [1.29, 1.82) is 0 Å². The fraction of sp³-hybridized carbons (Fsp3) is 0.538. The topological polar surface area (TPSA) is 35.2 Å². The van der Waals surface area contributed by atoms with Gasteiger partial charge in [0, 0.05) is 12.0 Å². The number of rotatable bonds is 3. The van der Waals surface area contributed by atoms with E-state index in [-0.39, 0.29) is 5.41 Å². The van der Waals surface area contributed by atoms with Gasteiger partial charge in [-0.1, -0.05) is 12.5 Å². The number of nitrogens with two attached hydrogens (primary N) is 1. The van der Waals surface area contributed by atoms with Crippen molar-refractivity contribution in [3.8, 4) is 5.75 Å². The molecule has 2 nitrogen and oxygen atoms in total. The van der Waals surface area contributed by atoms with Crippen LogP contribution in [0.3, 0.4) is 0 Å². The molecule has 88 valence electrons. The third-order valence-electron chi connectivity index (χ3n) is 3.75. The van der Waals surface area contributed by atoms with E-state index in [0.29, 0.717) is 0 Å². The van der Waals surface area contributed by atoms with Gasteiger partial charge in [-0.05, 0) is 52.9 Å². The van der Waals surface area contributed by atoms with Crippen molar-refractivity contribution in [1.82, 2.24) is 0 Å². The van der Waals surface area contributed by atoms with Crippen LogP contribution in [0.25, 0.3) is 0 Å². The summed E-state index contributed by atoms with van der Waals surface area (Å²) in [5, 5.41) is 0. The quantitative estimate of drug-likeness (QED) is 0.925. The van der Waals surface area contributed by atoms with Crippen LogP contribution in [-0.2, 0) is 5.41 Å². The number of aryl methyl sites for hydroxylation is 1. The number of methoxy groups -OCH3 is 1. The Kier molecular flexibility index (Phi) is 3.27. The molecule has 16 heavy (non-hydrogen) atoms. The highest BCUT2D eigenvalue weighted by atomic mass is 79.9. The maximum absolute atomic E-state index is 5.92. The lowest BCUT2D eigenvalue weighted by molar-refractivity contribution is 0.252. The summed E-state index contributed by atoms with van der Waals surface area (Å²) >= 11 is 3.57. The van der Waals surface area contributed by atoms with Gasteiger partial charge in [-0.3, -0.25) is 0 Å². The van der Waals surface area contributed by atoms with Gasteiger partial charge in [0.25, 0.3) is 0 Å². The SMILES string of the molecule is COc1c(C)cc(C2(CN)CCC2)cc1Br. The van der Waals surface area contributed by atoms with E-state index in [4.69, 9.17) is 10.5 Å². The fourth-order valence-corrected chi connectivity index (χ4v) is 3.23. The minimum Gasteiger partial charge on any atom is -0.495 e. The Morgan fingerprint density at radius 2 is 2.12 bits per heavy atom. The molecule has 0 heterocycles. The van der Waals surface area contributed by atoms with Gasteiger partial charge in [-0.25, -0.2) is 0 Å². The van der Waals surface area contributed by atoms with Gasteiger partial charge in [0.2, 0.25) is 0 Å². The maximum Gasteiger partial charge on any atom is 0.135 e. The van der Waals surface area contributed by atoms with E-state index < -0.39 is 0 Å². The van der Waals surface area contributed by atoms with Crippen molar-refractivity contribution in [3.63, 3.8) is 0 Å². The minimum absolute atomic E-state index is 0.222. The highest BCUT2D eigenvalue weighted by molar-refractivity contribution is 9.10. The summed E-state index contributed by atoms with van der Waals surface area (Å²) in [7, 11) is 1.70. The standard InChI is InChI=1S/C13H18BrNO/c1-9-6-10(7-11(14)12(9)16-2)13(8-15)4-3-5-13/h6-7H,3-5,8,15H2,1-2H3. The molecule has 1 aliphatic carbocycles. The molecular weight excluding hydrogens is 266 g/mol. The maximum atomic E-state index is 5.92. The van der Waals surface area contributed by atoms with Gasteiger partial charge >= 0.3 is 0 Å². The molecule has 3 heteroatoms. The summed E-state index contributed by atoms with van der Waals surface area (Å²) in [6.45, 7) is 2.82. The van der Waals surface area contributed by atoms with Crippen molar-refractivity contribution < 1.29 is 4.74 Å². The zero-order valence-corrected chi connectivity index (χ0v) is 11.4. The summed E-state index contributed by atoms with van der Waals surface area (Å²) < 4.78 is 6.38. The van der Waals surface area contributed by atoms with Crippen LogP contribution in [0.2, 0.25) is 0 Å². The molecule has 0 spiro atoms. The second-order valence-corrected chi connectivity index (χ2v) is 5.50. The van der Waals surface area contributed by atoms with Crippen molar-refractivity contribution >= 4 is 15.9 Å².